The highest BCUT2D eigenvalue weighted by molar-refractivity contribution is 9.10. The molecule has 0 fully saturated rings. The van der Waals surface area contributed by atoms with E-state index in [1.165, 1.54) is 5.56 Å². The second-order valence-electron chi connectivity index (χ2n) is 2.85. The topological polar surface area (TPSA) is 21.3 Å². The first kappa shape index (κ1) is 12.0. The van der Waals surface area contributed by atoms with Crippen LogP contribution in [-0.2, 0) is 6.42 Å². The largest absolute Gasteiger partial charge is 0.496 e. The summed E-state index contributed by atoms with van der Waals surface area (Å²) in [4.78, 5) is 0. The van der Waals surface area contributed by atoms with Crippen molar-refractivity contribution in [1.82, 2.24) is 5.32 Å². The lowest BCUT2D eigenvalue weighted by molar-refractivity contribution is 0.412. The molecule has 0 saturated heterocycles. The van der Waals surface area contributed by atoms with Crippen molar-refractivity contribution in [2.75, 3.05) is 19.1 Å². The summed E-state index contributed by atoms with van der Waals surface area (Å²) in [5.74, 6) is 0.877. The first-order valence-electron chi connectivity index (χ1n) is 4.37. The number of hydrogen-bond donors (Lipinski definition) is 1. The molecule has 0 spiro atoms. The quantitative estimate of drug-likeness (QED) is 0.511. The van der Waals surface area contributed by atoms with Gasteiger partial charge in [-0.3, -0.25) is 0 Å². The summed E-state index contributed by atoms with van der Waals surface area (Å²) in [7, 11) is 1.67. The van der Waals surface area contributed by atoms with Crippen molar-refractivity contribution in [3.05, 3.63) is 28.2 Å². The molecule has 0 saturated carbocycles. The third-order valence-corrected chi connectivity index (χ3v) is 2.92. The first-order chi connectivity index (χ1) is 6.77. The lowest BCUT2D eigenvalue weighted by Crippen LogP contribution is -2.14. The van der Waals surface area contributed by atoms with Crippen LogP contribution in [0.1, 0.15) is 5.56 Å². The highest BCUT2D eigenvalue weighted by Gasteiger charge is 2.00. The highest BCUT2D eigenvalue weighted by atomic mass is 79.9. The number of benzene rings is 1. The van der Waals surface area contributed by atoms with Crippen LogP contribution in [0.2, 0.25) is 0 Å². The molecule has 14 heavy (non-hydrogen) atoms. The van der Waals surface area contributed by atoms with Crippen LogP contribution in [0.5, 0.6) is 5.75 Å². The Kier molecular flexibility index (Phi) is 5.52. The van der Waals surface area contributed by atoms with E-state index in [1.54, 1.807) is 7.11 Å². The Morgan fingerprint density at radius 2 is 2.21 bits per heavy atom. The van der Waals surface area contributed by atoms with Crippen LogP contribution < -0.4 is 10.1 Å². The number of nitrogens with one attached hydrogen (secondary N) is 1. The van der Waals surface area contributed by atoms with Crippen molar-refractivity contribution in [3.63, 3.8) is 0 Å². The van der Waals surface area contributed by atoms with Crippen LogP contribution in [0.15, 0.2) is 22.7 Å². The number of halogens is 2. The average Bonchev–Trinajstić information content (AvgIpc) is 2.18. The fraction of sp³-hybridized carbons (Fsp3) is 0.400. The van der Waals surface area contributed by atoms with Crippen LogP contribution >= 0.6 is 31.9 Å². The Morgan fingerprint density at radius 1 is 1.43 bits per heavy atom. The number of hydrogen-bond acceptors (Lipinski definition) is 2. The number of rotatable bonds is 5. The van der Waals surface area contributed by atoms with Gasteiger partial charge in [-0.15, -0.1) is 0 Å². The molecule has 0 heterocycles. The van der Waals surface area contributed by atoms with E-state index in [2.05, 4.69) is 49.3 Å². The standard InChI is InChI=1S/C10H13Br2NO/c1-14-10-3-2-8(6-9(10)12)4-5-13-7-11/h2-3,6,13H,4-5,7H2,1H3. The molecule has 0 bridgehead atoms. The fourth-order valence-electron chi connectivity index (χ4n) is 1.16. The summed E-state index contributed by atoms with van der Waals surface area (Å²) in [6.07, 6.45) is 1.02. The molecule has 78 valence electrons. The van der Waals surface area contributed by atoms with Crippen LogP contribution in [0.3, 0.4) is 0 Å². The predicted molar refractivity (Wildman–Crippen MR) is 66.2 cm³/mol. The summed E-state index contributed by atoms with van der Waals surface area (Å²) < 4.78 is 6.17. The Hall–Kier alpha value is -0.0600. The third kappa shape index (κ3) is 3.59. The monoisotopic (exact) mass is 321 g/mol. The maximum absolute atomic E-state index is 5.16. The SMILES string of the molecule is COc1ccc(CCNCBr)cc1Br. The maximum atomic E-state index is 5.16. The van der Waals surface area contributed by atoms with E-state index >= 15 is 0 Å². The predicted octanol–water partition coefficient (Wildman–Crippen LogP) is 2.94. The summed E-state index contributed by atoms with van der Waals surface area (Å²) in [5.41, 5.74) is 2.13. The van der Waals surface area contributed by atoms with Crippen molar-refractivity contribution >= 4 is 31.9 Å². The second-order valence-corrected chi connectivity index (χ2v) is 4.27. The first-order valence-corrected chi connectivity index (χ1v) is 6.28. The Labute approximate surface area is 101 Å². The van der Waals surface area contributed by atoms with Gasteiger partial charge in [0.05, 0.1) is 17.0 Å². The molecule has 0 atom stereocenters. The van der Waals surface area contributed by atoms with Gasteiger partial charge < -0.3 is 10.1 Å². The molecule has 0 aliphatic carbocycles. The molecule has 1 N–H and O–H groups in total. The van der Waals surface area contributed by atoms with E-state index in [9.17, 15) is 0 Å². The van der Waals surface area contributed by atoms with E-state index in [-0.39, 0.29) is 0 Å². The summed E-state index contributed by atoms with van der Waals surface area (Å²) >= 11 is 6.78. The van der Waals surface area contributed by atoms with Crippen LogP contribution in [0, 0.1) is 0 Å². The molecular weight excluding hydrogens is 310 g/mol. The molecule has 0 radical (unpaired) electrons. The van der Waals surface area contributed by atoms with Gasteiger partial charge in [-0.2, -0.15) is 0 Å². The van der Waals surface area contributed by atoms with Crippen molar-refractivity contribution < 1.29 is 4.74 Å². The van der Waals surface area contributed by atoms with Gasteiger partial charge in [-0.25, -0.2) is 0 Å². The number of methoxy groups -OCH3 is 1. The maximum Gasteiger partial charge on any atom is 0.133 e. The minimum atomic E-state index is 0.838. The Morgan fingerprint density at radius 3 is 2.79 bits per heavy atom. The zero-order valence-electron chi connectivity index (χ0n) is 8.02. The molecular formula is C10H13Br2NO. The molecule has 4 heteroatoms. The van der Waals surface area contributed by atoms with Gasteiger partial charge in [0, 0.05) is 0 Å². The minimum absolute atomic E-state index is 0.838. The minimum Gasteiger partial charge on any atom is -0.496 e. The normalized spacial score (nSPS) is 10.2. The summed E-state index contributed by atoms with van der Waals surface area (Å²) in [5, 5.41) is 3.21. The van der Waals surface area contributed by atoms with E-state index in [0.29, 0.717) is 0 Å². The smallest absolute Gasteiger partial charge is 0.133 e. The zero-order chi connectivity index (χ0) is 10.4. The average molecular weight is 323 g/mol. The van der Waals surface area contributed by atoms with Crippen LogP contribution in [0.25, 0.3) is 0 Å². The number of alkyl halides is 1. The lowest BCUT2D eigenvalue weighted by atomic mass is 10.1. The van der Waals surface area contributed by atoms with Gasteiger partial charge in [-0.05, 0) is 46.6 Å². The fourth-order valence-corrected chi connectivity index (χ4v) is 2.03. The van der Waals surface area contributed by atoms with Crippen molar-refractivity contribution in [2.24, 2.45) is 0 Å². The van der Waals surface area contributed by atoms with Gasteiger partial charge >= 0.3 is 0 Å². The van der Waals surface area contributed by atoms with Crippen molar-refractivity contribution in [2.45, 2.75) is 6.42 Å². The summed E-state index contributed by atoms with van der Waals surface area (Å²) in [6, 6.07) is 6.15. The van der Waals surface area contributed by atoms with Gasteiger partial charge in [0.15, 0.2) is 0 Å². The molecule has 0 unspecified atom stereocenters. The molecule has 1 aromatic carbocycles. The van der Waals surface area contributed by atoms with Crippen LogP contribution in [0.4, 0.5) is 0 Å². The summed E-state index contributed by atoms with van der Waals surface area (Å²) in [6.45, 7) is 0.976. The van der Waals surface area contributed by atoms with E-state index in [0.717, 1.165) is 28.6 Å². The molecule has 0 aliphatic heterocycles. The Bertz CT molecular complexity index is 291. The molecule has 0 aromatic heterocycles. The highest BCUT2D eigenvalue weighted by Crippen LogP contribution is 2.25. The Balaban J connectivity index is 2.57. The van der Waals surface area contributed by atoms with E-state index < -0.39 is 0 Å². The van der Waals surface area contributed by atoms with Gasteiger partial charge in [-0.1, -0.05) is 22.0 Å². The third-order valence-electron chi connectivity index (χ3n) is 1.90. The second kappa shape index (κ2) is 6.43. The zero-order valence-corrected chi connectivity index (χ0v) is 11.2. The molecule has 1 rings (SSSR count). The van der Waals surface area contributed by atoms with E-state index in [4.69, 9.17) is 4.74 Å². The van der Waals surface area contributed by atoms with E-state index in [1.807, 2.05) is 6.07 Å². The molecule has 2 nitrogen and oxygen atoms in total. The van der Waals surface area contributed by atoms with Crippen molar-refractivity contribution in [1.29, 1.82) is 0 Å². The van der Waals surface area contributed by atoms with Gasteiger partial charge in [0.1, 0.15) is 5.75 Å². The van der Waals surface area contributed by atoms with Gasteiger partial charge in [0.2, 0.25) is 0 Å². The molecule has 0 aliphatic rings. The van der Waals surface area contributed by atoms with Crippen LogP contribution in [-0.4, -0.2) is 19.1 Å². The van der Waals surface area contributed by atoms with Crippen molar-refractivity contribution in [3.8, 4) is 5.75 Å². The molecule has 0 amide bonds. The lowest BCUT2D eigenvalue weighted by Gasteiger charge is -2.06. The van der Waals surface area contributed by atoms with Gasteiger partial charge in [0.25, 0.3) is 0 Å². The molecule has 1 aromatic rings. The number of ether oxygens (including phenoxy) is 1.